The van der Waals surface area contributed by atoms with Gasteiger partial charge in [-0.15, -0.1) is 0 Å². The average Bonchev–Trinajstić information content (AvgIpc) is 3.00. The number of aromatic nitrogens is 2. The van der Waals surface area contributed by atoms with Crippen molar-refractivity contribution in [3.8, 4) is 0 Å². The molecule has 0 saturated carbocycles. The van der Waals surface area contributed by atoms with Crippen molar-refractivity contribution < 1.29 is 14.3 Å². The van der Waals surface area contributed by atoms with Crippen LogP contribution in [0.25, 0.3) is 10.9 Å². The number of hydrogen-bond acceptors (Lipinski definition) is 3. The molecule has 3 aromatic rings. The van der Waals surface area contributed by atoms with Gasteiger partial charge < -0.3 is 15.8 Å². The maximum absolute atomic E-state index is 13.5. The number of nitrogens with one attached hydrogen (secondary N) is 2. The minimum absolute atomic E-state index is 0.267. The summed E-state index contributed by atoms with van der Waals surface area (Å²) in [6.07, 6.45) is 5.16. The first-order chi connectivity index (χ1) is 12.1. The largest absolute Gasteiger partial charge is 0.465 e. The van der Waals surface area contributed by atoms with E-state index in [2.05, 4.69) is 15.7 Å². The van der Waals surface area contributed by atoms with Crippen LogP contribution in [-0.4, -0.2) is 27.4 Å². The van der Waals surface area contributed by atoms with Crippen LogP contribution < -0.4 is 10.7 Å². The molecule has 0 saturated heterocycles. The van der Waals surface area contributed by atoms with Crippen LogP contribution in [0.15, 0.2) is 48.9 Å². The molecule has 0 aliphatic heterocycles. The van der Waals surface area contributed by atoms with Crippen molar-refractivity contribution in [3.63, 3.8) is 0 Å². The van der Waals surface area contributed by atoms with Crippen molar-refractivity contribution in [1.29, 1.82) is 0 Å². The summed E-state index contributed by atoms with van der Waals surface area (Å²) in [5.74, 6) is -0.267. The standard InChI is InChI=1S/C18H19FN4O2/c19-16-12-20-8-5-14(16)2-1-7-22-23-9-6-15-10-13(3-4-17(15)23)11-21-18(24)25/h3-6,8-10,12,21-22H,1-2,7,11H2,(H,24,25). The van der Waals surface area contributed by atoms with Crippen LogP contribution >= 0.6 is 0 Å². The third-order valence-corrected chi connectivity index (χ3v) is 3.96. The summed E-state index contributed by atoms with van der Waals surface area (Å²) in [5.41, 5.74) is 5.88. The number of fused-ring (bicyclic) bond motifs is 1. The Morgan fingerprint density at radius 1 is 1.28 bits per heavy atom. The number of rotatable bonds is 7. The van der Waals surface area contributed by atoms with E-state index < -0.39 is 6.09 Å². The van der Waals surface area contributed by atoms with E-state index in [1.54, 1.807) is 12.3 Å². The molecule has 0 aliphatic carbocycles. The molecule has 3 N–H and O–H groups in total. The van der Waals surface area contributed by atoms with Gasteiger partial charge in [-0.25, -0.2) is 9.18 Å². The third kappa shape index (κ3) is 4.26. The van der Waals surface area contributed by atoms with Gasteiger partial charge in [0.15, 0.2) is 0 Å². The van der Waals surface area contributed by atoms with E-state index in [0.717, 1.165) is 22.9 Å². The van der Waals surface area contributed by atoms with E-state index in [0.29, 0.717) is 18.5 Å². The Morgan fingerprint density at radius 3 is 2.96 bits per heavy atom. The number of pyridine rings is 1. The highest BCUT2D eigenvalue weighted by Gasteiger charge is 2.04. The quantitative estimate of drug-likeness (QED) is 0.577. The predicted molar refractivity (Wildman–Crippen MR) is 93.5 cm³/mol. The highest BCUT2D eigenvalue weighted by molar-refractivity contribution is 5.81. The number of carboxylic acid groups (broad SMARTS) is 1. The fraction of sp³-hybridized carbons (Fsp3) is 0.222. The van der Waals surface area contributed by atoms with E-state index in [1.165, 1.54) is 6.20 Å². The zero-order chi connectivity index (χ0) is 17.6. The van der Waals surface area contributed by atoms with E-state index >= 15 is 0 Å². The molecule has 7 heteroatoms. The van der Waals surface area contributed by atoms with Crippen molar-refractivity contribution in [2.75, 3.05) is 12.0 Å². The molecule has 0 bridgehead atoms. The third-order valence-electron chi connectivity index (χ3n) is 3.96. The SMILES string of the molecule is O=C(O)NCc1ccc2c(ccn2NCCCc2ccncc2F)c1. The van der Waals surface area contributed by atoms with Gasteiger partial charge in [-0.1, -0.05) is 6.07 Å². The summed E-state index contributed by atoms with van der Waals surface area (Å²) in [6, 6.07) is 9.46. The first kappa shape index (κ1) is 16.8. The fourth-order valence-corrected chi connectivity index (χ4v) is 2.70. The number of hydrogen-bond donors (Lipinski definition) is 3. The molecule has 0 unspecified atom stereocenters. The molecule has 25 heavy (non-hydrogen) atoms. The van der Waals surface area contributed by atoms with Crippen molar-refractivity contribution >= 4 is 17.0 Å². The van der Waals surface area contributed by atoms with Crippen LogP contribution in [0.3, 0.4) is 0 Å². The molecular formula is C18H19FN4O2. The highest BCUT2D eigenvalue weighted by atomic mass is 19.1. The Bertz CT molecular complexity index is 878. The Hall–Kier alpha value is -3.09. The minimum atomic E-state index is -1.04. The Balaban J connectivity index is 1.57. The van der Waals surface area contributed by atoms with E-state index in [9.17, 15) is 9.18 Å². The van der Waals surface area contributed by atoms with Gasteiger partial charge in [0.2, 0.25) is 0 Å². The molecule has 6 nitrogen and oxygen atoms in total. The molecule has 1 aromatic carbocycles. The summed E-state index contributed by atoms with van der Waals surface area (Å²) in [6.45, 7) is 0.981. The summed E-state index contributed by atoms with van der Waals surface area (Å²) >= 11 is 0. The van der Waals surface area contributed by atoms with Gasteiger partial charge in [-0.05, 0) is 48.2 Å². The second-order valence-corrected chi connectivity index (χ2v) is 5.72. The van der Waals surface area contributed by atoms with Gasteiger partial charge in [0, 0.05) is 30.9 Å². The molecule has 0 fully saturated rings. The molecule has 0 aliphatic rings. The first-order valence-corrected chi connectivity index (χ1v) is 8.02. The van der Waals surface area contributed by atoms with E-state index in [1.807, 2.05) is 35.1 Å². The van der Waals surface area contributed by atoms with Gasteiger partial charge in [0.05, 0.1) is 11.7 Å². The van der Waals surface area contributed by atoms with Gasteiger partial charge in [0.25, 0.3) is 0 Å². The lowest BCUT2D eigenvalue weighted by molar-refractivity contribution is 0.194. The summed E-state index contributed by atoms with van der Waals surface area (Å²) in [7, 11) is 0. The number of halogens is 1. The molecular weight excluding hydrogens is 323 g/mol. The zero-order valence-electron chi connectivity index (χ0n) is 13.6. The monoisotopic (exact) mass is 342 g/mol. The van der Waals surface area contributed by atoms with Crippen LogP contribution in [0.4, 0.5) is 9.18 Å². The molecule has 0 spiro atoms. The predicted octanol–water partition coefficient (Wildman–Crippen LogP) is 3.12. The van der Waals surface area contributed by atoms with Gasteiger partial charge in [-0.2, -0.15) is 0 Å². The maximum Gasteiger partial charge on any atom is 0.404 e. The Kier molecular flexibility index (Phi) is 5.13. The second-order valence-electron chi connectivity index (χ2n) is 5.72. The minimum Gasteiger partial charge on any atom is -0.465 e. The molecule has 0 radical (unpaired) electrons. The molecule has 0 atom stereocenters. The topological polar surface area (TPSA) is 79.2 Å². The van der Waals surface area contributed by atoms with E-state index in [-0.39, 0.29) is 12.4 Å². The van der Waals surface area contributed by atoms with Crippen LogP contribution in [0, 0.1) is 5.82 Å². The Labute approximate surface area is 144 Å². The fourth-order valence-electron chi connectivity index (χ4n) is 2.70. The van der Waals surface area contributed by atoms with Gasteiger partial charge >= 0.3 is 6.09 Å². The zero-order valence-corrected chi connectivity index (χ0v) is 13.6. The molecule has 130 valence electrons. The van der Waals surface area contributed by atoms with Crippen LogP contribution in [0.2, 0.25) is 0 Å². The average molecular weight is 342 g/mol. The number of nitrogens with zero attached hydrogens (tertiary/aromatic N) is 2. The lowest BCUT2D eigenvalue weighted by atomic mass is 10.1. The number of amides is 1. The van der Waals surface area contributed by atoms with Crippen LogP contribution in [0.1, 0.15) is 17.5 Å². The van der Waals surface area contributed by atoms with Gasteiger partial charge in [-0.3, -0.25) is 9.66 Å². The summed E-state index contributed by atoms with van der Waals surface area (Å²) < 4.78 is 15.4. The van der Waals surface area contributed by atoms with Crippen LogP contribution in [0.5, 0.6) is 0 Å². The molecule has 2 aromatic heterocycles. The maximum atomic E-state index is 13.5. The van der Waals surface area contributed by atoms with Crippen molar-refractivity contribution in [1.82, 2.24) is 15.0 Å². The number of aryl methyl sites for hydroxylation is 1. The number of benzene rings is 1. The highest BCUT2D eigenvalue weighted by Crippen LogP contribution is 2.17. The van der Waals surface area contributed by atoms with Crippen molar-refractivity contribution in [2.45, 2.75) is 19.4 Å². The summed E-state index contributed by atoms with van der Waals surface area (Å²) in [4.78, 5) is 14.3. The lowest BCUT2D eigenvalue weighted by Gasteiger charge is -2.10. The molecule has 1 amide bonds. The Morgan fingerprint density at radius 2 is 2.16 bits per heavy atom. The van der Waals surface area contributed by atoms with Crippen LogP contribution in [-0.2, 0) is 13.0 Å². The molecule has 2 heterocycles. The summed E-state index contributed by atoms with van der Waals surface area (Å²) in [5, 5.41) is 12.0. The van der Waals surface area contributed by atoms with Crippen molar-refractivity contribution in [3.05, 3.63) is 65.9 Å². The normalized spacial score (nSPS) is 10.8. The second kappa shape index (κ2) is 7.65. The smallest absolute Gasteiger partial charge is 0.404 e. The van der Waals surface area contributed by atoms with E-state index in [4.69, 9.17) is 5.11 Å². The molecule has 3 rings (SSSR count). The first-order valence-electron chi connectivity index (χ1n) is 8.02. The lowest BCUT2D eigenvalue weighted by Crippen LogP contribution is -2.19. The van der Waals surface area contributed by atoms with Gasteiger partial charge in [0.1, 0.15) is 5.82 Å². The van der Waals surface area contributed by atoms with Crippen molar-refractivity contribution in [2.24, 2.45) is 0 Å². The number of carbonyl (C=O) groups is 1.